The molecule has 1 aromatic heterocycles. The van der Waals surface area contributed by atoms with Gasteiger partial charge in [0.2, 0.25) is 0 Å². The molecule has 0 radical (unpaired) electrons. The zero-order chi connectivity index (χ0) is 10.3. The van der Waals surface area contributed by atoms with E-state index in [-0.39, 0.29) is 13.0 Å². The van der Waals surface area contributed by atoms with Crippen molar-refractivity contribution in [3.05, 3.63) is 18.0 Å². The number of hydrogen-bond donors (Lipinski definition) is 1. The molecule has 14 heavy (non-hydrogen) atoms. The Morgan fingerprint density at radius 1 is 1.79 bits per heavy atom. The number of aliphatic hydroxyl groups excluding tert-OH is 1. The van der Waals surface area contributed by atoms with Crippen molar-refractivity contribution in [1.82, 2.24) is 9.78 Å². The third kappa shape index (κ3) is 1.77. The van der Waals surface area contributed by atoms with Crippen molar-refractivity contribution in [2.24, 2.45) is 5.92 Å². The summed E-state index contributed by atoms with van der Waals surface area (Å²) < 4.78 is 26.6. The van der Waals surface area contributed by atoms with E-state index in [1.165, 1.54) is 10.9 Å². The van der Waals surface area contributed by atoms with Crippen LogP contribution in [0.5, 0.6) is 0 Å². The minimum absolute atomic E-state index is 0.0448. The number of aromatic nitrogens is 2. The summed E-state index contributed by atoms with van der Waals surface area (Å²) in [4.78, 5) is 0. The van der Waals surface area contributed by atoms with Crippen molar-refractivity contribution >= 4 is 0 Å². The van der Waals surface area contributed by atoms with Gasteiger partial charge in [-0.05, 0) is 6.92 Å². The molecule has 3 nitrogen and oxygen atoms in total. The van der Waals surface area contributed by atoms with Gasteiger partial charge in [0.15, 0.2) is 0 Å². The quantitative estimate of drug-likeness (QED) is 0.808. The zero-order valence-corrected chi connectivity index (χ0v) is 7.82. The summed E-state index contributed by atoms with van der Waals surface area (Å²) in [5.74, 6) is -3.08. The summed E-state index contributed by atoms with van der Waals surface area (Å²) in [5, 5.41) is 13.1. The lowest BCUT2D eigenvalue weighted by Gasteiger charge is -2.00. The molecule has 0 saturated heterocycles. The van der Waals surface area contributed by atoms with E-state index in [1.54, 1.807) is 13.1 Å². The van der Waals surface area contributed by atoms with Gasteiger partial charge in [-0.25, -0.2) is 8.78 Å². The molecule has 1 saturated carbocycles. The number of nitrogens with zero attached hydrogens (tertiary/aromatic N) is 2. The van der Waals surface area contributed by atoms with Crippen LogP contribution in [0.25, 0.3) is 0 Å². The molecule has 2 rings (SSSR count). The van der Waals surface area contributed by atoms with Crippen LogP contribution in [0.1, 0.15) is 25.0 Å². The highest BCUT2D eigenvalue weighted by atomic mass is 19.3. The molecule has 2 unspecified atom stereocenters. The largest absolute Gasteiger partial charge is 0.389 e. The van der Waals surface area contributed by atoms with Crippen molar-refractivity contribution in [1.29, 1.82) is 0 Å². The Morgan fingerprint density at radius 3 is 2.86 bits per heavy atom. The summed E-state index contributed by atoms with van der Waals surface area (Å²) in [6.07, 6.45) is 2.48. The molecular formula is C9H12F2N2O. The maximum absolute atomic E-state index is 12.6. The van der Waals surface area contributed by atoms with E-state index in [2.05, 4.69) is 5.10 Å². The highest BCUT2D eigenvalue weighted by Crippen LogP contribution is 2.49. The summed E-state index contributed by atoms with van der Waals surface area (Å²) >= 11 is 0. The molecule has 1 fully saturated rings. The molecule has 1 N–H and O–H groups in total. The predicted molar refractivity (Wildman–Crippen MR) is 45.9 cm³/mol. The third-order valence-corrected chi connectivity index (χ3v) is 2.50. The van der Waals surface area contributed by atoms with Crippen molar-refractivity contribution in [3.8, 4) is 0 Å². The first-order chi connectivity index (χ1) is 6.49. The molecule has 1 aliphatic rings. The molecular weight excluding hydrogens is 190 g/mol. The molecule has 0 aliphatic heterocycles. The Bertz CT molecular complexity index is 335. The first-order valence-corrected chi connectivity index (χ1v) is 4.57. The van der Waals surface area contributed by atoms with E-state index in [0.717, 1.165) is 0 Å². The van der Waals surface area contributed by atoms with Crippen LogP contribution in [0.2, 0.25) is 0 Å². The Hall–Kier alpha value is -0.970. The third-order valence-electron chi connectivity index (χ3n) is 2.50. The van der Waals surface area contributed by atoms with Crippen LogP contribution in [0, 0.1) is 5.92 Å². The summed E-state index contributed by atoms with van der Waals surface area (Å²) in [7, 11) is 0. The van der Waals surface area contributed by atoms with Crippen LogP contribution in [-0.4, -0.2) is 20.8 Å². The van der Waals surface area contributed by atoms with Gasteiger partial charge in [-0.3, -0.25) is 4.68 Å². The summed E-state index contributed by atoms with van der Waals surface area (Å²) in [6.45, 7) is 1.85. The molecule has 1 aliphatic carbocycles. The van der Waals surface area contributed by atoms with E-state index in [9.17, 15) is 13.9 Å². The van der Waals surface area contributed by atoms with E-state index in [0.29, 0.717) is 5.56 Å². The SMILES string of the molecule is CC(O)c1cnn(CC2CC2(F)F)c1. The van der Waals surface area contributed by atoms with Crippen molar-refractivity contribution in [2.75, 3.05) is 0 Å². The van der Waals surface area contributed by atoms with E-state index < -0.39 is 17.9 Å². The Balaban J connectivity index is 1.98. The average molecular weight is 202 g/mol. The molecule has 1 aromatic rings. The first kappa shape index (κ1) is 9.58. The molecule has 1 heterocycles. The second kappa shape index (κ2) is 3.02. The topological polar surface area (TPSA) is 38.1 Å². The molecule has 5 heteroatoms. The number of alkyl halides is 2. The van der Waals surface area contributed by atoms with Gasteiger partial charge >= 0.3 is 0 Å². The molecule has 2 atom stereocenters. The van der Waals surface area contributed by atoms with E-state index in [4.69, 9.17) is 0 Å². The van der Waals surface area contributed by atoms with Crippen molar-refractivity contribution < 1.29 is 13.9 Å². The lowest BCUT2D eigenvalue weighted by molar-refractivity contribution is 0.0942. The number of halogens is 2. The van der Waals surface area contributed by atoms with Gasteiger partial charge in [0, 0.05) is 30.6 Å². The van der Waals surface area contributed by atoms with Gasteiger partial charge in [-0.1, -0.05) is 0 Å². The van der Waals surface area contributed by atoms with Gasteiger partial charge < -0.3 is 5.11 Å². The molecule has 0 amide bonds. The maximum atomic E-state index is 12.6. The molecule has 78 valence electrons. The van der Waals surface area contributed by atoms with Gasteiger partial charge in [0.25, 0.3) is 5.92 Å². The number of aliphatic hydroxyl groups is 1. The second-order valence-electron chi connectivity index (χ2n) is 3.83. The van der Waals surface area contributed by atoms with E-state index in [1.807, 2.05) is 0 Å². The van der Waals surface area contributed by atoms with E-state index >= 15 is 0 Å². The highest BCUT2D eigenvalue weighted by Gasteiger charge is 2.56. The molecule has 0 aromatic carbocycles. The standard InChI is InChI=1S/C9H12F2N2O/c1-6(14)7-3-12-13(4-7)5-8-2-9(8,10)11/h3-4,6,8,14H,2,5H2,1H3. The smallest absolute Gasteiger partial charge is 0.253 e. The minimum atomic E-state index is -2.50. The van der Waals surface area contributed by atoms with Crippen LogP contribution in [0.15, 0.2) is 12.4 Å². The minimum Gasteiger partial charge on any atom is -0.389 e. The van der Waals surface area contributed by atoms with Gasteiger partial charge in [-0.15, -0.1) is 0 Å². The first-order valence-electron chi connectivity index (χ1n) is 4.57. The summed E-state index contributed by atoms with van der Waals surface area (Å²) in [5.41, 5.74) is 0.661. The Morgan fingerprint density at radius 2 is 2.43 bits per heavy atom. The van der Waals surface area contributed by atoms with Crippen molar-refractivity contribution in [2.45, 2.75) is 31.9 Å². The fraction of sp³-hybridized carbons (Fsp3) is 0.667. The molecule has 0 spiro atoms. The second-order valence-corrected chi connectivity index (χ2v) is 3.83. The Kier molecular flexibility index (Phi) is 2.06. The number of hydrogen-bond acceptors (Lipinski definition) is 2. The predicted octanol–water partition coefficient (Wildman–Crippen LogP) is 1.59. The Labute approximate surface area is 80.3 Å². The maximum Gasteiger partial charge on any atom is 0.253 e. The van der Waals surface area contributed by atoms with Crippen LogP contribution in [0.4, 0.5) is 8.78 Å². The molecule has 0 bridgehead atoms. The summed E-state index contributed by atoms with van der Waals surface area (Å²) in [6, 6.07) is 0. The van der Waals surface area contributed by atoms with Gasteiger partial charge in [0.05, 0.1) is 12.3 Å². The fourth-order valence-electron chi connectivity index (χ4n) is 1.39. The van der Waals surface area contributed by atoms with Crippen LogP contribution < -0.4 is 0 Å². The lowest BCUT2D eigenvalue weighted by Crippen LogP contribution is -2.05. The number of rotatable bonds is 3. The van der Waals surface area contributed by atoms with Crippen LogP contribution in [0.3, 0.4) is 0 Å². The van der Waals surface area contributed by atoms with Crippen LogP contribution in [-0.2, 0) is 6.54 Å². The van der Waals surface area contributed by atoms with Crippen LogP contribution >= 0.6 is 0 Å². The lowest BCUT2D eigenvalue weighted by atomic mass is 10.2. The van der Waals surface area contributed by atoms with Crippen molar-refractivity contribution in [3.63, 3.8) is 0 Å². The highest BCUT2D eigenvalue weighted by molar-refractivity contribution is 5.07. The van der Waals surface area contributed by atoms with Gasteiger partial charge in [0.1, 0.15) is 0 Å². The van der Waals surface area contributed by atoms with Gasteiger partial charge in [-0.2, -0.15) is 5.10 Å². The average Bonchev–Trinajstić information content (AvgIpc) is 2.51. The normalized spacial score (nSPS) is 26.1. The fourth-order valence-corrected chi connectivity index (χ4v) is 1.39. The monoisotopic (exact) mass is 202 g/mol. The zero-order valence-electron chi connectivity index (χ0n) is 7.82.